The summed E-state index contributed by atoms with van der Waals surface area (Å²) in [5.41, 5.74) is 1.68. The van der Waals surface area contributed by atoms with Crippen LogP contribution in [0.2, 0.25) is 0 Å². The number of hydrogen-bond acceptors (Lipinski definition) is 3. The zero-order valence-electron chi connectivity index (χ0n) is 10.6. The largest absolute Gasteiger partial charge is 0.487 e. The molecule has 0 radical (unpaired) electrons. The van der Waals surface area contributed by atoms with Gasteiger partial charge in [0.05, 0.1) is 17.5 Å². The van der Waals surface area contributed by atoms with Gasteiger partial charge in [0.15, 0.2) is 0 Å². The van der Waals surface area contributed by atoms with Crippen LogP contribution in [0.15, 0.2) is 54.9 Å². The third-order valence-electron chi connectivity index (χ3n) is 2.97. The lowest BCUT2D eigenvalue weighted by molar-refractivity contribution is 0.0697. The summed E-state index contributed by atoms with van der Waals surface area (Å²) < 4.78 is 7.47. The van der Waals surface area contributed by atoms with Crippen LogP contribution in [0.25, 0.3) is 5.65 Å². The average Bonchev–Trinajstić information content (AvgIpc) is 2.88. The van der Waals surface area contributed by atoms with E-state index in [1.54, 1.807) is 18.5 Å². The summed E-state index contributed by atoms with van der Waals surface area (Å²) in [5.74, 6) is -0.179. The van der Waals surface area contributed by atoms with Gasteiger partial charge in [-0.1, -0.05) is 18.2 Å². The number of carbonyl (C=O) groups is 1. The summed E-state index contributed by atoms with van der Waals surface area (Å²) in [6.07, 6.45) is 3.37. The van der Waals surface area contributed by atoms with E-state index < -0.39 is 5.97 Å². The van der Waals surface area contributed by atoms with Crippen LogP contribution < -0.4 is 4.74 Å². The fourth-order valence-corrected chi connectivity index (χ4v) is 1.95. The Morgan fingerprint density at radius 1 is 1.25 bits per heavy atom. The van der Waals surface area contributed by atoms with E-state index in [4.69, 9.17) is 9.84 Å². The van der Waals surface area contributed by atoms with Gasteiger partial charge in [-0.3, -0.25) is 0 Å². The molecule has 0 atom stereocenters. The number of fused-ring (bicyclic) bond motifs is 1. The van der Waals surface area contributed by atoms with Crippen molar-refractivity contribution in [3.63, 3.8) is 0 Å². The molecular weight excluding hydrogens is 256 g/mol. The maximum absolute atomic E-state index is 10.9. The predicted octanol–water partition coefficient (Wildman–Crippen LogP) is 2.61. The van der Waals surface area contributed by atoms with E-state index in [9.17, 15) is 4.79 Å². The van der Waals surface area contributed by atoms with Crippen LogP contribution >= 0.6 is 0 Å². The van der Waals surface area contributed by atoms with Gasteiger partial charge in [-0.05, 0) is 24.3 Å². The second-order valence-corrected chi connectivity index (χ2v) is 4.30. The van der Waals surface area contributed by atoms with E-state index in [0.717, 1.165) is 11.4 Å². The molecule has 5 nitrogen and oxygen atoms in total. The highest BCUT2D eigenvalue weighted by atomic mass is 16.5. The second-order valence-electron chi connectivity index (χ2n) is 4.30. The van der Waals surface area contributed by atoms with Gasteiger partial charge in [0.2, 0.25) is 0 Å². The highest BCUT2D eigenvalue weighted by Gasteiger charge is 2.08. The smallest absolute Gasteiger partial charge is 0.335 e. The Morgan fingerprint density at radius 2 is 2.05 bits per heavy atom. The monoisotopic (exact) mass is 268 g/mol. The number of nitrogens with zero attached hydrogens (tertiary/aromatic N) is 2. The first-order valence-corrected chi connectivity index (χ1v) is 6.11. The Morgan fingerprint density at radius 3 is 2.80 bits per heavy atom. The fraction of sp³-hybridized carbons (Fsp3) is 0.0667. The van der Waals surface area contributed by atoms with Gasteiger partial charge < -0.3 is 14.2 Å². The van der Waals surface area contributed by atoms with Crippen molar-refractivity contribution in [3.8, 4) is 5.75 Å². The second kappa shape index (κ2) is 5.05. The van der Waals surface area contributed by atoms with E-state index >= 15 is 0 Å². The molecule has 0 spiro atoms. The Labute approximate surface area is 115 Å². The molecule has 0 unspecified atom stereocenters. The van der Waals surface area contributed by atoms with Crippen LogP contribution in [0, 0.1) is 0 Å². The molecule has 20 heavy (non-hydrogen) atoms. The number of para-hydroxylation sites is 1. The van der Waals surface area contributed by atoms with Crippen molar-refractivity contribution in [3.05, 3.63) is 66.1 Å². The minimum absolute atomic E-state index is 0.221. The quantitative estimate of drug-likeness (QED) is 0.790. The first kappa shape index (κ1) is 12.2. The SMILES string of the molecule is O=C(O)c1ccn2c(COc3ccccc3)cnc2c1. The highest BCUT2D eigenvalue weighted by molar-refractivity contribution is 5.88. The standard InChI is InChI=1S/C15H12N2O3/c18-15(19)11-6-7-17-12(9-16-14(17)8-11)10-20-13-4-2-1-3-5-13/h1-9H,10H2,(H,18,19). The number of rotatable bonds is 4. The van der Waals surface area contributed by atoms with Gasteiger partial charge >= 0.3 is 5.97 Å². The number of pyridine rings is 1. The molecule has 0 bridgehead atoms. The van der Waals surface area contributed by atoms with E-state index in [2.05, 4.69) is 4.98 Å². The first-order valence-electron chi connectivity index (χ1n) is 6.11. The van der Waals surface area contributed by atoms with Crippen LogP contribution in [0.3, 0.4) is 0 Å². The Kier molecular flexibility index (Phi) is 3.09. The van der Waals surface area contributed by atoms with Gasteiger partial charge in [-0.2, -0.15) is 0 Å². The molecule has 0 aliphatic heterocycles. The van der Waals surface area contributed by atoms with Crippen LogP contribution in [0.5, 0.6) is 5.75 Å². The lowest BCUT2D eigenvalue weighted by atomic mass is 10.3. The number of hydrogen-bond donors (Lipinski definition) is 1. The summed E-state index contributed by atoms with van der Waals surface area (Å²) in [4.78, 5) is 15.1. The minimum Gasteiger partial charge on any atom is -0.487 e. The Balaban J connectivity index is 1.84. The molecular formula is C15H12N2O3. The van der Waals surface area contributed by atoms with Crippen LogP contribution in [-0.2, 0) is 6.61 Å². The van der Waals surface area contributed by atoms with Crippen molar-refractivity contribution in [2.45, 2.75) is 6.61 Å². The number of aromatic carboxylic acids is 1. The molecule has 2 aromatic heterocycles. The lowest BCUT2D eigenvalue weighted by Gasteiger charge is -2.06. The molecule has 3 rings (SSSR count). The summed E-state index contributed by atoms with van der Waals surface area (Å²) in [7, 11) is 0. The Hall–Kier alpha value is -2.82. The molecule has 0 aliphatic carbocycles. The van der Waals surface area contributed by atoms with E-state index in [1.165, 1.54) is 6.07 Å². The normalized spacial score (nSPS) is 10.6. The minimum atomic E-state index is -0.961. The van der Waals surface area contributed by atoms with Crippen molar-refractivity contribution in [1.82, 2.24) is 9.38 Å². The topological polar surface area (TPSA) is 63.8 Å². The molecule has 0 amide bonds. The molecule has 0 fully saturated rings. The van der Waals surface area contributed by atoms with Crippen molar-refractivity contribution < 1.29 is 14.6 Å². The maximum Gasteiger partial charge on any atom is 0.335 e. The Bertz CT molecular complexity index is 750. The van der Waals surface area contributed by atoms with Gasteiger partial charge in [0, 0.05) is 6.20 Å². The van der Waals surface area contributed by atoms with Gasteiger partial charge in [0.25, 0.3) is 0 Å². The van der Waals surface area contributed by atoms with Crippen LogP contribution in [0.4, 0.5) is 0 Å². The summed E-state index contributed by atoms with van der Waals surface area (Å²) in [6, 6.07) is 12.6. The van der Waals surface area contributed by atoms with Crippen molar-refractivity contribution in [2.24, 2.45) is 0 Å². The van der Waals surface area contributed by atoms with Crippen molar-refractivity contribution in [1.29, 1.82) is 0 Å². The molecule has 1 N–H and O–H groups in total. The number of ether oxygens (including phenoxy) is 1. The van der Waals surface area contributed by atoms with E-state index in [-0.39, 0.29) is 5.56 Å². The maximum atomic E-state index is 10.9. The number of carboxylic acids is 1. The number of benzene rings is 1. The number of carboxylic acid groups (broad SMARTS) is 1. The third kappa shape index (κ3) is 2.33. The summed E-state index contributed by atoms with van der Waals surface area (Å²) in [6.45, 7) is 0.373. The summed E-state index contributed by atoms with van der Waals surface area (Å²) in [5, 5.41) is 8.94. The lowest BCUT2D eigenvalue weighted by Crippen LogP contribution is -2.01. The zero-order valence-corrected chi connectivity index (χ0v) is 10.6. The molecule has 3 aromatic rings. The molecule has 2 heterocycles. The van der Waals surface area contributed by atoms with E-state index in [0.29, 0.717) is 12.3 Å². The zero-order chi connectivity index (χ0) is 13.9. The molecule has 0 aliphatic rings. The van der Waals surface area contributed by atoms with Crippen molar-refractivity contribution in [2.75, 3.05) is 0 Å². The average molecular weight is 268 g/mol. The molecule has 0 saturated heterocycles. The van der Waals surface area contributed by atoms with Crippen LogP contribution in [-0.4, -0.2) is 20.5 Å². The third-order valence-corrected chi connectivity index (χ3v) is 2.97. The molecule has 0 saturated carbocycles. The van der Waals surface area contributed by atoms with Crippen molar-refractivity contribution >= 4 is 11.6 Å². The van der Waals surface area contributed by atoms with E-state index in [1.807, 2.05) is 34.7 Å². The molecule has 5 heteroatoms. The highest BCUT2D eigenvalue weighted by Crippen LogP contribution is 2.14. The number of imidazole rings is 1. The summed E-state index contributed by atoms with van der Waals surface area (Å²) >= 11 is 0. The van der Waals surface area contributed by atoms with Gasteiger partial charge in [-0.25, -0.2) is 9.78 Å². The van der Waals surface area contributed by atoms with Gasteiger partial charge in [-0.15, -0.1) is 0 Å². The number of aromatic nitrogens is 2. The first-order chi connectivity index (χ1) is 9.74. The fourth-order valence-electron chi connectivity index (χ4n) is 1.95. The van der Waals surface area contributed by atoms with Gasteiger partial charge in [0.1, 0.15) is 18.0 Å². The molecule has 100 valence electrons. The molecule has 1 aromatic carbocycles. The van der Waals surface area contributed by atoms with Crippen LogP contribution in [0.1, 0.15) is 16.1 Å². The predicted molar refractivity (Wildman–Crippen MR) is 72.9 cm³/mol.